The van der Waals surface area contributed by atoms with Crippen molar-refractivity contribution in [1.29, 1.82) is 0 Å². The van der Waals surface area contributed by atoms with Crippen LogP contribution in [0.5, 0.6) is 11.6 Å². The Morgan fingerprint density at radius 1 is 1.07 bits per heavy atom. The van der Waals surface area contributed by atoms with Crippen LogP contribution in [0.25, 0.3) is 0 Å². The third-order valence-corrected chi connectivity index (χ3v) is 2.71. The second-order valence-electron chi connectivity index (χ2n) is 4.42. The first-order chi connectivity index (χ1) is 13.6. The first-order valence-corrected chi connectivity index (χ1v) is 9.30. The number of hydrogen-bond acceptors (Lipinski definition) is 5. The van der Waals surface area contributed by atoms with E-state index in [0.717, 1.165) is 0 Å². The Hall–Kier alpha value is -3.15. The van der Waals surface area contributed by atoms with Crippen molar-refractivity contribution < 1.29 is 14.4 Å². The van der Waals surface area contributed by atoms with Gasteiger partial charge in [-0.05, 0) is 45.1 Å². The molecule has 0 aliphatic heterocycles. The smallest absolute Gasteiger partial charge is 0.373 e. The van der Waals surface area contributed by atoms with E-state index in [1.165, 1.54) is 18.3 Å². The van der Waals surface area contributed by atoms with Gasteiger partial charge in [0.05, 0.1) is 4.92 Å². The summed E-state index contributed by atoms with van der Waals surface area (Å²) in [5, 5.41) is 11.5. The van der Waals surface area contributed by atoms with Crippen molar-refractivity contribution in [2.24, 2.45) is 0 Å². The first-order valence-electron chi connectivity index (χ1n) is 9.30. The molecule has 0 atom stereocenters. The number of nitro groups is 1. The molecule has 0 unspecified atom stereocenters. The van der Waals surface area contributed by atoms with E-state index in [2.05, 4.69) is 11.6 Å². The molecule has 0 bridgehead atoms. The third-order valence-electron chi connectivity index (χ3n) is 2.71. The van der Waals surface area contributed by atoms with Gasteiger partial charge in [0, 0.05) is 12.3 Å². The molecular weight excluding hydrogens is 356 g/mol. The zero-order valence-corrected chi connectivity index (χ0v) is 17.9. The van der Waals surface area contributed by atoms with Gasteiger partial charge in [-0.15, -0.1) is 0 Å². The van der Waals surface area contributed by atoms with Gasteiger partial charge in [0.1, 0.15) is 11.5 Å². The molecule has 0 saturated heterocycles. The van der Waals surface area contributed by atoms with Crippen LogP contribution in [0.3, 0.4) is 0 Å². The van der Waals surface area contributed by atoms with Crippen LogP contribution in [0.2, 0.25) is 0 Å². The van der Waals surface area contributed by atoms with Crippen molar-refractivity contribution in [1.82, 2.24) is 4.98 Å². The highest BCUT2D eigenvalue weighted by molar-refractivity contribution is 5.54. The maximum absolute atomic E-state index is 11.5. The zero-order chi connectivity index (χ0) is 21.9. The fourth-order valence-corrected chi connectivity index (χ4v) is 1.74. The van der Waals surface area contributed by atoms with Crippen molar-refractivity contribution in [2.45, 2.75) is 48.5 Å². The molecule has 6 nitrogen and oxygen atoms in total. The molecule has 154 valence electrons. The van der Waals surface area contributed by atoms with Gasteiger partial charge in [-0.25, -0.2) is 4.98 Å². The Kier molecular flexibility index (Phi) is 16.7. The van der Waals surface area contributed by atoms with E-state index >= 15 is 0 Å². The Bertz CT molecular complexity index is 717. The summed E-state index contributed by atoms with van der Waals surface area (Å²) in [7, 11) is 0. The van der Waals surface area contributed by atoms with E-state index in [1.807, 2.05) is 34.6 Å². The molecule has 0 fully saturated rings. The SMILES string of the molecule is C=C/C=C(\C=C/C)Oc1nccc(OC(/C=C\C)=C/C)c1[N+](=O)[O-].CC.CC. The third kappa shape index (κ3) is 9.52. The summed E-state index contributed by atoms with van der Waals surface area (Å²) in [5.74, 6) is 0.752. The molecule has 28 heavy (non-hydrogen) atoms. The van der Waals surface area contributed by atoms with E-state index in [1.54, 1.807) is 50.3 Å². The van der Waals surface area contributed by atoms with Crippen molar-refractivity contribution in [3.63, 3.8) is 0 Å². The maximum Gasteiger partial charge on any atom is 0.373 e. The Labute approximate surface area is 168 Å². The summed E-state index contributed by atoms with van der Waals surface area (Å²) in [6, 6.07) is 1.42. The average Bonchev–Trinajstić information content (AvgIpc) is 2.71. The van der Waals surface area contributed by atoms with E-state index in [4.69, 9.17) is 9.47 Å². The van der Waals surface area contributed by atoms with Gasteiger partial charge in [0.25, 0.3) is 0 Å². The van der Waals surface area contributed by atoms with Crippen molar-refractivity contribution in [3.05, 3.63) is 83.0 Å². The number of nitrogens with zero attached hydrogens (tertiary/aromatic N) is 2. The molecule has 0 spiro atoms. The quantitative estimate of drug-likeness (QED) is 0.209. The number of allylic oxidation sites excluding steroid dienone is 7. The highest BCUT2D eigenvalue weighted by Gasteiger charge is 2.25. The fraction of sp³-hybridized carbons (Fsp3) is 0.318. The molecule has 0 aromatic carbocycles. The standard InChI is InChI=1S/C18H20N2O4.2C2H6/c1-5-9-14(8-4)23-16-12-13-19-18(17(16)20(21)22)24-15(10-6-2)11-7-3;2*1-2/h5-13H,2H2,1,3-4H3;2*1-2H3/b9-5-,11-7-,14-8+,15-10+;;. The highest BCUT2D eigenvalue weighted by atomic mass is 16.6. The minimum absolute atomic E-state index is 0.0506. The first kappa shape index (κ1) is 27.1. The van der Waals surface area contributed by atoms with Gasteiger partial charge in [-0.1, -0.05) is 52.5 Å². The molecule has 1 heterocycles. The van der Waals surface area contributed by atoms with Gasteiger partial charge in [-0.2, -0.15) is 0 Å². The summed E-state index contributed by atoms with van der Waals surface area (Å²) in [4.78, 5) is 14.9. The number of rotatable bonds is 8. The van der Waals surface area contributed by atoms with Crippen LogP contribution in [-0.4, -0.2) is 9.91 Å². The summed E-state index contributed by atoms with van der Waals surface area (Å²) < 4.78 is 11.1. The van der Waals surface area contributed by atoms with Crippen LogP contribution < -0.4 is 9.47 Å². The predicted octanol–water partition coefficient (Wildman–Crippen LogP) is 6.93. The van der Waals surface area contributed by atoms with Gasteiger partial charge in [0.2, 0.25) is 5.75 Å². The van der Waals surface area contributed by atoms with E-state index in [-0.39, 0.29) is 17.3 Å². The average molecular weight is 389 g/mol. The van der Waals surface area contributed by atoms with Crippen molar-refractivity contribution in [3.8, 4) is 11.6 Å². The number of hydrogen-bond donors (Lipinski definition) is 0. The Balaban J connectivity index is 0. The number of pyridine rings is 1. The van der Waals surface area contributed by atoms with E-state index < -0.39 is 4.92 Å². The molecule has 0 aliphatic rings. The fourth-order valence-electron chi connectivity index (χ4n) is 1.74. The lowest BCUT2D eigenvalue weighted by molar-refractivity contribution is -0.386. The second-order valence-corrected chi connectivity index (χ2v) is 4.42. The molecule has 0 amide bonds. The van der Waals surface area contributed by atoms with Gasteiger partial charge < -0.3 is 9.47 Å². The molecule has 0 N–H and O–H groups in total. The molecule has 0 saturated carbocycles. The topological polar surface area (TPSA) is 74.5 Å². The van der Waals surface area contributed by atoms with Crippen molar-refractivity contribution >= 4 is 5.69 Å². The molecule has 0 aliphatic carbocycles. The zero-order valence-electron chi connectivity index (χ0n) is 17.9. The minimum atomic E-state index is -0.582. The molecule has 1 rings (SSSR count). The lowest BCUT2D eigenvalue weighted by atomic mass is 10.3. The summed E-state index contributed by atoms with van der Waals surface area (Å²) in [6.45, 7) is 17.0. The van der Waals surface area contributed by atoms with E-state index in [0.29, 0.717) is 11.5 Å². The van der Waals surface area contributed by atoms with Gasteiger partial charge in [-0.3, -0.25) is 10.1 Å². The lowest BCUT2D eigenvalue weighted by Crippen LogP contribution is -2.03. The summed E-state index contributed by atoms with van der Waals surface area (Å²) >= 11 is 0. The van der Waals surface area contributed by atoms with Crippen LogP contribution in [0.15, 0.2) is 72.9 Å². The highest BCUT2D eigenvalue weighted by Crippen LogP contribution is 2.36. The van der Waals surface area contributed by atoms with Gasteiger partial charge >= 0.3 is 11.6 Å². The number of aromatic nitrogens is 1. The summed E-state index contributed by atoms with van der Waals surface area (Å²) in [6.07, 6.45) is 13.1. The normalized spacial score (nSPS) is 11.2. The lowest BCUT2D eigenvalue weighted by Gasteiger charge is -2.10. The molecule has 1 aromatic heterocycles. The maximum atomic E-state index is 11.5. The second kappa shape index (κ2) is 17.3. The minimum Gasteiger partial charge on any atom is -0.450 e. The molecule has 6 heteroatoms. The van der Waals surface area contributed by atoms with Crippen LogP contribution in [-0.2, 0) is 0 Å². The largest absolute Gasteiger partial charge is 0.450 e. The van der Waals surface area contributed by atoms with Crippen molar-refractivity contribution in [2.75, 3.05) is 0 Å². The van der Waals surface area contributed by atoms with Crippen LogP contribution >= 0.6 is 0 Å². The summed E-state index contributed by atoms with van der Waals surface area (Å²) in [5.41, 5.74) is -0.346. The molecular formula is C22H32N2O4. The van der Waals surface area contributed by atoms with Crippen LogP contribution in [0.1, 0.15) is 48.5 Å². The Morgan fingerprint density at radius 3 is 2.11 bits per heavy atom. The predicted molar refractivity (Wildman–Crippen MR) is 117 cm³/mol. The Morgan fingerprint density at radius 2 is 1.64 bits per heavy atom. The van der Waals surface area contributed by atoms with Crippen LogP contribution in [0.4, 0.5) is 5.69 Å². The molecule has 1 aromatic rings. The molecule has 0 radical (unpaired) electrons. The number of ether oxygens (including phenoxy) is 2. The van der Waals surface area contributed by atoms with E-state index in [9.17, 15) is 10.1 Å². The van der Waals surface area contributed by atoms with Gasteiger partial charge in [0.15, 0.2) is 0 Å². The van der Waals surface area contributed by atoms with Crippen LogP contribution in [0, 0.1) is 10.1 Å². The monoisotopic (exact) mass is 388 g/mol.